The van der Waals surface area contributed by atoms with Crippen molar-refractivity contribution in [3.05, 3.63) is 52.7 Å². The lowest BCUT2D eigenvalue weighted by atomic mass is 10.1. The first-order valence-corrected chi connectivity index (χ1v) is 10.8. The summed E-state index contributed by atoms with van der Waals surface area (Å²) in [5, 5.41) is 5.59. The summed E-state index contributed by atoms with van der Waals surface area (Å²) in [5.41, 5.74) is 0.586. The molecule has 1 atom stereocenters. The number of anilines is 2. The molecule has 33 heavy (non-hydrogen) atoms. The molecular formula is C22H25ClF3N5O2. The third kappa shape index (κ3) is 6.50. The van der Waals surface area contributed by atoms with E-state index in [1.807, 2.05) is 13.0 Å². The predicted octanol–water partition coefficient (Wildman–Crippen LogP) is 4.70. The maximum atomic E-state index is 12.9. The van der Waals surface area contributed by atoms with E-state index in [-0.39, 0.29) is 28.8 Å². The number of nitrogens with zero attached hydrogens (tertiary/aromatic N) is 3. The molecule has 0 saturated carbocycles. The van der Waals surface area contributed by atoms with Crippen LogP contribution in [0.4, 0.5) is 29.5 Å². The third-order valence-electron chi connectivity index (χ3n) is 5.28. The zero-order valence-corrected chi connectivity index (χ0v) is 19.0. The first-order valence-electron chi connectivity index (χ1n) is 10.5. The van der Waals surface area contributed by atoms with Gasteiger partial charge in [-0.2, -0.15) is 13.2 Å². The highest BCUT2D eigenvalue weighted by atomic mass is 35.5. The SMILES string of the molecule is CC(=O)Nc1cccc([C@@H](C)NC(=O)N2CCCN(c3ncc(C(F)(F)F)cc3Cl)CC2)c1. The van der Waals surface area contributed by atoms with Crippen LogP contribution >= 0.6 is 11.6 Å². The number of benzene rings is 1. The summed E-state index contributed by atoms with van der Waals surface area (Å²) in [6.45, 7) is 5.02. The Kier molecular flexibility index (Phi) is 7.68. The number of carbonyl (C=O) groups excluding carboxylic acids is 2. The maximum absolute atomic E-state index is 12.9. The Hall–Kier alpha value is -3.01. The summed E-state index contributed by atoms with van der Waals surface area (Å²) >= 11 is 6.08. The van der Waals surface area contributed by atoms with E-state index in [4.69, 9.17) is 11.6 Å². The predicted molar refractivity (Wildman–Crippen MR) is 120 cm³/mol. The van der Waals surface area contributed by atoms with E-state index in [1.165, 1.54) is 6.92 Å². The Morgan fingerprint density at radius 2 is 1.91 bits per heavy atom. The Bertz CT molecular complexity index is 1020. The molecule has 2 N–H and O–H groups in total. The Morgan fingerprint density at radius 3 is 2.58 bits per heavy atom. The van der Waals surface area contributed by atoms with E-state index in [0.29, 0.717) is 38.3 Å². The smallest absolute Gasteiger partial charge is 0.354 e. The van der Waals surface area contributed by atoms with Crippen LogP contribution in [-0.2, 0) is 11.0 Å². The van der Waals surface area contributed by atoms with Crippen molar-refractivity contribution >= 4 is 35.0 Å². The fraction of sp³-hybridized carbons (Fsp3) is 0.409. The monoisotopic (exact) mass is 483 g/mol. The molecule has 1 saturated heterocycles. The second kappa shape index (κ2) is 10.3. The quantitative estimate of drug-likeness (QED) is 0.661. The minimum Gasteiger partial charge on any atom is -0.354 e. The lowest BCUT2D eigenvalue weighted by molar-refractivity contribution is -0.137. The van der Waals surface area contributed by atoms with Crippen molar-refractivity contribution in [3.63, 3.8) is 0 Å². The van der Waals surface area contributed by atoms with E-state index >= 15 is 0 Å². The Morgan fingerprint density at radius 1 is 1.15 bits per heavy atom. The van der Waals surface area contributed by atoms with E-state index in [2.05, 4.69) is 15.6 Å². The second-order valence-corrected chi connectivity index (χ2v) is 8.24. The van der Waals surface area contributed by atoms with Crippen molar-refractivity contribution in [2.45, 2.75) is 32.5 Å². The maximum Gasteiger partial charge on any atom is 0.417 e. The van der Waals surface area contributed by atoms with Gasteiger partial charge >= 0.3 is 12.2 Å². The number of hydrogen-bond donors (Lipinski definition) is 2. The summed E-state index contributed by atoms with van der Waals surface area (Å²) in [6.07, 6.45) is -3.13. The summed E-state index contributed by atoms with van der Waals surface area (Å²) in [4.78, 5) is 31.5. The van der Waals surface area contributed by atoms with Crippen LogP contribution in [0.15, 0.2) is 36.5 Å². The molecule has 2 heterocycles. The number of urea groups is 1. The van der Waals surface area contributed by atoms with E-state index < -0.39 is 11.7 Å². The zero-order chi connectivity index (χ0) is 24.2. The van der Waals surface area contributed by atoms with Crippen molar-refractivity contribution in [3.8, 4) is 0 Å². The highest BCUT2D eigenvalue weighted by Gasteiger charge is 2.32. The summed E-state index contributed by atoms with van der Waals surface area (Å²) < 4.78 is 38.6. The van der Waals surface area contributed by atoms with Crippen LogP contribution < -0.4 is 15.5 Å². The van der Waals surface area contributed by atoms with Crippen LogP contribution in [0.3, 0.4) is 0 Å². The molecule has 1 aliphatic rings. The van der Waals surface area contributed by atoms with Crippen LogP contribution in [0.5, 0.6) is 0 Å². The Balaban J connectivity index is 1.61. The number of alkyl halides is 3. The zero-order valence-electron chi connectivity index (χ0n) is 18.2. The summed E-state index contributed by atoms with van der Waals surface area (Å²) in [7, 11) is 0. The molecule has 1 fully saturated rings. The molecule has 11 heteroatoms. The van der Waals surface area contributed by atoms with E-state index in [1.54, 1.807) is 28.0 Å². The molecule has 0 aliphatic carbocycles. The molecule has 3 rings (SSSR count). The molecular weight excluding hydrogens is 459 g/mol. The van der Waals surface area contributed by atoms with Crippen LogP contribution in [-0.4, -0.2) is 48.0 Å². The molecule has 0 radical (unpaired) electrons. The lowest BCUT2D eigenvalue weighted by Crippen LogP contribution is -2.43. The van der Waals surface area contributed by atoms with Gasteiger partial charge in [0.15, 0.2) is 0 Å². The van der Waals surface area contributed by atoms with Crippen molar-refractivity contribution in [1.29, 1.82) is 0 Å². The number of carbonyl (C=O) groups is 2. The number of amides is 3. The van der Waals surface area contributed by atoms with Crippen molar-refractivity contribution < 1.29 is 22.8 Å². The minimum absolute atomic E-state index is 0.0737. The molecule has 1 aromatic heterocycles. The average molecular weight is 484 g/mol. The molecule has 1 aliphatic heterocycles. The van der Waals surface area contributed by atoms with Crippen molar-refractivity contribution in [1.82, 2.24) is 15.2 Å². The Labute approximate surface area is 194 Å². The van der Waals surface area contributed by atoms with Gasteiger partial charge < -0.3 is 20.4 Å². The van der Waals surface area contributed by atoms with Crippen molar-refractivity contribution in [2.75, 3.05) is 36.4 Å². The average Bonchev–Trinajstić information content (AvgIpc) is 2.99. The minimum atomic E-state index is -4.51. The van der Waals surface area contributed by atoms with Gasteiger partial charge in [-0.15, -0.1) is 0 Å². The van der Waals surface area contributed by atoms with Gasteiger partial charge in [0.05, 0.1) is 16.6 Å². The van der Waals surface area contributed by atoms with Gasteiger partial charge in [0.2, 0.25) is 5.91 Å². The number of aromatic nitrogens is 1. The molecule has 3 amide bonds. The van der Waals surface area contributed by atoms with Gasteiger partial charge in [0.1, 0.15) is 5.82 Å². The molecule has 0 unspecified atom stereocenters. The van der Waals surface area contributed by atoms with Gasteiger partial charge in [0.25, 0.3) is 0 Å². The lowest BCUT2D eigenvalue weighted by Gasteiger charge is -2.25. The van der Waals surface area contributed by atoms with Gasteiger partial charge in [-0.1, -0.05) is 23.7 Å². The standard InChI is InChI=1S/C22H25ClF3N5O2/c1-14(16-5-3-6-18(11-16)29-15(2)32)28-21(33)31-8-4-7-30(9-10-31)20-19(23)12-17(13-27-20)22(24,25)26/h3,5-6,11-14H,4,7-10H2,1-2H3,(H,28,33)(H,29,32)/t14-/m1/s1. The van der Waals surface area contributed by atoms with E-state index in [0.717, 1.165) is 17.8 Å². The number of hydrogen-bond acceptors (Lipinski definition) is 4. The molecule has 1 aromatic carbocycles. The van der Waals surface area contributed by atoms with Crippen LogP contribution in [0.2, 0.25) is 5.02 Å². The first kappa shape index (κ1) is 24.6. The highest BCUT2D eigenvalue weighted by molar-refractivity contribution is 6.33. The fourth-order valence-electron chi connectivity index (χ4n) is 3.60. The largest absolute Gasteiger partial charge is 0.417 e. The van der Waals surface area contributed by atoms with E-state index in [9.17, 15) is 22.8 Å². The normalized spacial score (nSPS) is 15.6. The summed E-state index contributed by atoms with van der Waals surface area (Å²) in [6, 6.07) is 7.55. The third-order valence-corrected chi connectivity index (χ3v) is 5.56. The summed E-state index contributed by atoms with van der Waals surface area (Å²) in [5.74, 6) is 0.0932. The first-order chi connectivity index (χ1) is 15.5. The second-order valence-electron chi connectivity index (χ2n) is 7.83. The fourth-order valence-corrected chi connectivity index (χ4v) is 3.89. The van der Waals surface area contributed by atoms with Gasteiger partial charge in [-0.05, 0) is 37.1 Å². The van der Waals surface area contributed by atoms with Crippen LogP contribution in [0.1, 0.15) is 37.4 Å². The van der Waals surface area contributed by atoms with Crippen LogP contribution in [0, 0.1) is 0 Å². The van der Waals surface area contributed by atoms with Gasteiger partial charge in [-0.25, -0.2) is 9.78 Å². The topological polar surface area (TPSA) is 77.6 Å². The number of nitrogens with one attached hydrogen (secondary N) is 2. The van der Waals surface area contributed by atoms with Gasteiger partial charge in [-0.3, -0.25) is 4.79 Å². The number of halogens is 4. The van der Waals surface area contributed by atoms with Crippen LogP contribution in [0.25, 0.3) is 0 Å². The highest BCUT2D eigenvalue weighted by Crippen LogP contribution is 2.33. The van der Waals surface area contributed by atoms with Gasteiger partial charge in [0, 0.05) is 45.0 Å². The molecule has 178 valence electrons. The van der Waals surface area contributed by atoms with Crippen molar-refractivity contribution in [2.24, 2.45) is 0 Å². The molecule has 0 bridgehead atoms. The number of pyridine rings is 1. The molecule has 7 nitrogen and oxygen atoms in total. The molecule has 2 aromatic rings. The number of rotatable bonds is 4. The molecule has 0 spiro atoms.